The molecule has 0 aromatic rings. The lowest BCUT2D eigenvalue weighted by molar-refractivity contribution is -0.197. The van der Waals surface area contributed by atoms with Crippen LogP contribution in [-0.4, -0.2) is 22.8 Å². The lowest BCUT2D eigenvalue weighted by Gasteiger charge is -2.12. The number of hydrogen-bond donors (Lipinski definition) is 0. The highest BCUT2D eigenvalue weighted by Crippen LogP contribution is 2.17. The second kappa shape index (κ2) is 27.8. The maximum Gasteiger partial charge on any atom is 0.333 e. The van der Waals surface area contributed by atoms with Crippen LogP contribution in [0.2, 0.25) is 0 Å². The number of amides is 2. The summed E-state index contributed by atoms with van der Waals surface area (Å²) in [5, 5.41) is 0.643. The summed E-state index contributed by atoms with van der Waals surface area (Å²) in [5.74, 6) is -1.29. The van der Waals surface area contributed by atoms with Gasteiger partial charge in [0.15, 0.2) is 0 Å². The van der Waals surface area contributed by atoms with Crippen molar-refractivity contribution in [2.45, 2.75) is 206 Å². The van der Waals surface area contributed by atoms with E-state index in [2.05, 4.69) is 6.92 Å². The summed E-state index contributed by atoms with van der Waals surface area (Å²) >= 11 is 0. The van der Waals surface area contributed by atoms with E-state index in [1.807, 2.05) is 0 Å². The molecule has 0 N–H and O–H groups in total. The van der Waals surface area contributed by atoms with Crippen molar-refractivity contribution in [1.82, 2.24) is 5.06 Å². The van der Waals surface area contributed by atoms with Crippen molar-refractivity contribution >= 4 is 17.8 Å². The molecule has 0 aromatic carbocycles. The minimum absolute atomic E-state index is 0.145. The lowest BCUT2D eigenvalue weighted by Crippen LogP contribution is -2.31. The highest BCUT2D eigenvalue weighted by Gasteiger charge is 2.32. The van der Waals surface area contributed by atoms with Crippen LogP contribution in [0, 0.1) is 0 Å². The Labute approximate surface area is 247 Å². The van der Waals surface area contributed by atoms with Gasteiger partial charge in [-0.3, -0.25) is 9.59 Å². The molecule has 1 fully saturated rings. The Morgan fingerprint density at radius 3 is 1.00 bits per heavy atom. The topological polar surface area (TPSA) is 63.7 Å². The zero-order chi connectivity index (χ0) is 28.9. The van der Waals surface area contributed by atoms with Crippen molar-refractivity contribution in [1.29, 1.82) is 0 Å². The van der Waals surface area contributed by atoms with Gasteiger partial charge >= 0.3 is 5.97 Å². The molecule has 1 heterocycles. The molecular formula is C35H65NO4. The van der Waals surface area contributed by atoms with Crippen molar-refractivity contribution in [3.63, 3.8) is 0 Å². The summed E-state index contributed by atoms with van der Waals surface area (Å²) in [6.07, 6.45) is 38.8. The Bertz CT molecular complexity index is 605. The monoisotopic (exact) mass is 563 g/mol. The number of rotatable bonds is 30. The molecule has 5 heteroatoms. The fraction of sp³-hybridized carbons (Fsp3) is 0.914. The maximum atomic E-state index is 11.8. The van der Waals surface area contributed by atoms with Crippen LogP contribution in [0.1, 0.15) is 206 Å². The predicted octanol–water partition coefficient (Wildman–Crippen LogP) is 10.9. The Hall–Kier alpha value is -1.39. The first-order chi connectivity index (χ1) is 19.6. The van der Waals surface area contributed by atoms with E-state index in [0.717, 1.165) is 19.3 Å². The third-order valence-corrected chi connectivity index (χ3v) is 8.43. The van der Waals surface area contributed by atoms with Crippen molar-refractivity contribution in [3.8, 4) is 0 Å². The van der Waals surface area contributed by atoms with Crippen LogP contribution >= 0.6 is 0 Å². The molecule has 0 spiro atoms. The van der Waals surface area contributed by atoms with Gasteiger partial charge < -0.3 is 4.84 Å². The molecule has 0 aromatic heterocycles. The fourth-order valence-corrected chi connectivity index (χ4v) is 5.74. The highest BCUT2D eigenvalue weighted by atomic mass is 16.7. The molecule has 0 radical (unpaired) electrons. The van der Waals surface area contributed by atoms with Crippen molar-refractivity contribution in [3.05, 3.63) is 0 Å². The summed E-state index contributed by atoms with van der Waals surface area (Å²) in [6, 6.07) is 0. The lowest BCUT2D eigenvalue weighted by atomic mass is 10.0. The van der Waals surface area contributed by atoms with E-state index in [-0.39, 0.29) is 19.3 Å². The van der Waals surface area contributed by atoms with Gasteiger partial charge in [-0.15, -0.1) is 5.06 Å². The van der Waals surface area contributed by atoms with E-state index < -0.39 is 17.8 Å². The van der Waals surface area contributed by atoms with E-state index in [4.69, 9.17) is 4.84 Å². The van der Waals surface area contributed by atoms with Crippen LogP contribution in [0.15, 0.2) is 0 Å². The Morgan fingerprint density at radius 2 is 0.725 bits per heavy atom. The molecule has 234 valence electrons. The average Bonchev–Trinajstić information content (AvgIpc) is 3.26. The van der Waals surface area contributed by atoms with Gasteiger partial charge in [0.25, 0.3) is 11.8 Å². The van der Waals surface area contributed by atoms with Crippen molar-refractivity contribution < 1.29 is 19.2 Å². The van der Waals surface area contributed by atoms with Gasteiger partial charge in [0.2, 0.25) is 0 Å². The molecule has 0 bridgehead atoms. The van der Waals surface area contributed by atoms with E-state index in [1.165, 1.54) is 161 Å². The minimum atomic E-state index is -0.474. The van der Waals surface area contributed by atoms with Crippen molar-refractivity contribution in [2.24, 2.45) is 0 Å². The summed E-state index contributed by atoms with van der Waals surface area (Å²) in [6.45, 7) is 2.29. The summed E-state index contributed by atoms with van der Waals surface area (Å²) in [7, 11) is 0. The van der Waals surface area contributed by atoms with Crippen LogP contribution < -0.4 is 0 Å². The third kappa shape index (κ3) is 22.3. The van der Waals surface area contributed by atoms with Crippen LogP contribution in [0.5, 0.6) is 0 Å². The second-order valence-electron chi connectivity index (χ2n) is 12.3. The summed E-state index contributed by atoms with van der Waals surface area (Å²) in [5.41, 5.74) is 0. The Kier molecular flexibility index (Phi) is 25.4. The molecule has 0 atom stereocenters. The molecule has 1 aliphatic rings. The van der Waals surface area contributed by atoms with E-state index in [9.17, 15) is 14.4 Å². The smallest absolute Gasteiger partial charge is 0.330 e. The maximum absolute atomic E-state index is 11.8. The number of imide groups is 1. The quantitative estimate of drug-likeness (QED) is 0.0644. The van der Waals surface area contributed by atoms with Crippen LogP contribution in [-0.2, 0) is 19.2 Å². The zero-order valence-corrected chi connectivity index (χ0v) is 26.5. The molecule has 5 nitrogen and oxygen atoms in total. The van der Waals surface area contributed by atoms with E-state index in [0.29, 0.717) is 5.06 Å². The Balaban J connectivity index is 1.67. The predicted molar refractivity (Wildman–Crippen MR) is 167 cm³/mol. The normalized spacial score (nSPS) is 13.5. The first-order valence-corrected chi connectivity index (χ1v) is 17.7. The number of hydrogen-bond acceptors (Lipinski definition) is 4. The van der Waals surface area contributed by atoms with E-state index >= 15 is 0 Å². The molecule has 1 saturated heterocycles. The van der Waals surface area contributed by atoms with Crippen LogP contribution in [0.4, 0.5) is 0 Å². The van der Waals surface area contributed by atoms with Crippen LogP contribution in [0.3, 0.4) is 0 Å². The summed E-state index contributed by atoms with van der Waals surface area (Å²) in [4.78, 5) is 39.6. The highest BCUT2D eigenvalue weighted by molar-refractivity contribution is 6.01. The average molecular weight is 564 g/mol. The number of carbonyl (C=O) groups excluding carboxylic acids is 3. The number of hydroxylamine groups is 2. The minimum Gasteiger partial charge on any atom is -0.330 e. The third-order valence-electron chi connectivity index (χ3n) is 8.43. The molecule has 1 aliphatic heterocycles. The molecule has 40 heavy (non-hydrogen) atoms. The van der Waals surface area contributed by atoms with E-state index in [1.54, 1.807) is 0 Å². The summed E-state index contributed by atoms with van der Waals surface area (Å²) < 4.78 is 0. The molecule has 0 saturated carbocycles. The van der Waals surface area contributed by atoms with Gasteiger partial charge in [-0.05, 0) is 6.42 Å². The van der Waals surface area contributed by atoms with Gasteiger partial charge in [-0.1, -0.05) is 180 Å². The van der Waals surface area contributed by atoms with Gasteiger partial charge in [-0.25, -0.2) is 4.79 Å². The zero-order valence-electron chi connectivity index (χ0n) is 26.5. The molecule has 2 amide bonds. The first-order valence-electron chi connectivity index (χ1n) is 17.7. The standard InChI is InChI=1S/C35H65NO4/c1-2-3-4-5-6-7-8-9-10-11-12-13-14-15-16-17-18-19-20-21-22-23-24-25-26-27-28-29-30-35(39)40-36-33(37)31-32-34(36)38/h2-32H2,1H3. The molecule has 0 unspecified atom stereocenters. The SMILES string of the molecule is CCCCCCCCCCCCCCCCCCCCCCCCCCCCCCC(=O)ON1C(=O)CCC1=O. The first kappa shape index (κ1) is 36.6. The van der Waals surface area contributed by atoms with Crippen LogP contribution in [0.25, 0.3) is 0 Å². The number of nitrogens with zero attached hydrogens (tertiary/aromatic N) is 1. The molecule has 1 rings (SSSR count). The Morgan fingerprint density at radius 1 is 0.475 bits per heavy atom. The van der Waals surface area contributed by atoms with Gasteiger partial charge in [-0.2, -0.15) is 0 Å². The number of carbonyl (C=O) groups is 3. The number of unbranched alkanes of at least 4 members (excludes halogenated alkanes) is 27. The fourth-order valence-electron chi connectivity index (χ4n) is 5.74. The second-order valence-corrected chi connectivity index (χ2v) is 12.3. The van der Waals surface area contributed by atoms with Gasteiger partial charge in [0.05, 0.1) is 0 Å². The molecule has 0 aliphatic carbocycles. The van der Waals surface area contributed by atoms with Gasteiger partial charge in [0, 0.05) is 19.3 Å². The van der Waals surface area contributed by atoms with Crippen molar-refractivity contribution in [2.75, 3.05) is 0 Å². The van der Waals surface area contributed by atoms with Gasteiger partial charge in [0.1, 0.15) is 0 Å². The largest absolute Gasteiger partial charge is 0.333 e. The molecular weight excluding hydrogens is 498 g/mol.